The Morgan fingerprint density at radius 3 is 2.40 bits per heavy atom. The summed E-state index contributed by atoms with van der Waals surface area (Å²) in [6.45, 7) is 5.44. The number of nitrogen functional groups attached to an aromatic ring is 1. The van der Waals surface area contributed by atoms with Gasteiger partial charge in [0.05, 0.1) is 13.2 Å². The van der Waals surface area contributed by atoms with Crippen molar-refractivity contribution in [3.8, 4) is 22.8 Å². The Hall–Kier alpha value is -2.17. The van der Waals surface area contributed by atoms with Crippen molar-refractivity contribution in [2.75, 3.05) is 18.9 Å². The Morgan fingerprint density at radius 1 is 1.10 bits per heavy atom. The standard InChI is InChI=1S/C15H20N2O3/c1-3-7-18-13-6-5-11(9-14(13)19-8-4-2)12-10-20-15(16)17-12/h5-6,9-10H,3-4,7-8H2,1-2H3,(H2,16,17). The van der Waals surface area contributed by atoms with Crippen LogP contribution in [0.3, 0.4) is 0 Å². The molecule has 0 unspecified atom stereocenters. The van der Waals surface area contributed by atoms with Crippen molar-refractivity contribution in [3.05, 3.63) is 24.5 Å². The molecule has 5 heteroatoms. The van der Waals surface area contributed by atoms with Crippen LogP contribution in [0.4, 0.5) is 6.01 Å². The summed E-state index contributed by atoms with van der Waals surface area (Å²) in [7, 11) is 0. The smallest absolute Gasteiger partial charge is 0.292 e. The molecule has 0 aliphatic carbocycles. The van der Waals surface area contributed by atoms with Crippen LogP contribution in [0.25, 0.3) is 11.3 Å². The highest BCUT2D eigenvalue weighted by Gasteiger charge is 2.10. The maximum atomic E-state index is 5.74. The van der Waals surface area contributed by atoms with E-state index in [4.69, 9.17) is 19.6 Å². The van der Waals surface area contributed by atoms with Crippen molar-refractivity contribution in [1.29, 1.82) is 0 Å². The number of hydrogen-bond acceptors (Lipinski definition) is 5. The first kappa shape index (κ1) is 14.2. The number of oxazole rings is 1. The Labute approximate surface area is 118 Å². The van der Waals surface area contributed by atoms with Gasteiger partial charge in [-0.1, -0.05) is 13.8 Å². The van der Waals surface area contributed by atoms with E-state index in [0.717, 1.165) is 29.9 Å². The molecule has 108 valence electrons. The van der Waals surface area contributed by atoms with Crippen LogP contribution < -0.4 is 15.2 Å². The molecule has 0 spiro atoms. The molecule has 0 fully saturated rings. The molecular formula is C15H20N2O3. The van der Waals surface area contributed by atoms with Gasteiger partial charge in [-0.25, -0.2) is 0 Å². The van der Waals surface area contributed by atoms with Gasteiger partial charge >= 0.3 is 0 Å². The molecule has 0 saturated carbocycles. The molecule has 0 bridgehead atoms. The highest BCUT2D eigenvalue weighted by molar-refractivity contribution is 5.63. The SMILES string of the molecule is CCCOc1ccc(-c2coc(N)n2)cc1OCCC. The molecule has 1 aromatic carbocycles. The third kappa shape index (κ3) is 3.44. The summed E-state index contributed by atoms with van der Waals surface area (Å²) >= 11 is 0. The van der Waals surface area contributed by atoms with Gasteiger partial charge in [0.25, 0.3) is 6.01 Å². The Bertz CT molecular complexity index is 552. The molecule has 0 aliphatic rings. The van der Waals surface area contributed by atoms with Crippen molar-refractivity contribution >= 4 is 6.01 Å². The summed E-state index contributed by atoms with van der Waals surface area (Å²) in [6.07, 6.45) is 3.42. The minimum absolute atomic E-state index is 0.155. The van der Waals surface area contributed by atoms with Crippen molar-refractivity contribution in [3.63, 3.8) is 0 Å². The van der Waals surface area contributed by atoms with E-state index >= 15 is 0 Å². The summed E-state index contributed by atoms with van der Waals surface area (Å²) in [5.74, 6) is 1.47. The van der Waals surface area contributed by atoms with E-state index in [9.17, 15) is 0 Å². The molecule has 2 aromatic rings. The number of ether oxygens (including phenoxy) is 2. The van der Waals surface area contributed by atoms with Crippen LogP contribution in [-0.4, -0.2) is 18.2 Å². The molecule has 1 aromatic heterocycles. The Morgan fingerprint density at radius 2 is 1.80 bits per heavy atom. The van der Waals surface area contributed by atoms with Crippen molar-refractivity contribution in [2.24, 2.45) is 0 Å². The monoisotopic (exact) mass is 276 g/mol. The van der Waals surface area contributed by atoms with E-state index in [-0.39, 0.29) is 6.01 Å². The molecule has 0 aliphatic heterocycles. The van der Waals surface area contributed by atoms with Gasteiger partial charge in [-0.05, 0) is 31.0 Å². The molecule has 0 saturated heterocycles. The van der Waals surface area contributed by atoms with Gasteiger partial charge in [0, 0.05) is 5.56 Å². The second-order valence-corrected chi connectivity index (χ2v) is 4.43. The van der Waals surface area contributed by atoms with Crippen LogP contribution in [-0.2, 0) is 0 Å². The minimum Gasteiger partial charge on any atom is -0.490 e. The average Bonchev–Trinajstić information content (AvgIpc) is 2.90. The van der Waals surface area contributed by atoms with Crippen LogP contribution in [0, 0.1) is 0 Å². The molecule has 0 radical (unpaired) electrons. The Balaban J connectivity index is 2.26. The normalized spacial score (nSPS) is 10.5. The van der Waals surface area contributed by atoms with Crippen molar-refractivity contribution in [2.45, 2.75) is 26.7 Å². The zero-order valence-electron chi connectivity index (χ0n) is 11.9. The van der Waals surface area contributed by atoms with Crippen LogP contribution >= 0.6 is 0 Å². The summed E-state index contributed by atoms with van der Waals surface area (Å²) in [5, 5.41) is 0. The number of hydrogen-bond donors (Lipinski definition) is 1. The fourth-order valence-electron chi connectivity index (χ4n) is 1.74. The van der Waals surface area contributed by atoms with E-state index in [2.05, 4.69) is 18.8 Å². The lowest BCUT2D eigenvalue weighted by Crippen LogP contribution is -2.01. The summed E-state index contributed by atoms with van der Waals surface area (Å²) < 4.78 is 16.5. The largest absolute Gasteiger partial charge is 0.490 e. The average molecular weight is 276 g/mol. The van der Waals surface area contributed by atoms with Gasteiger partial charge < -0.3 is 19.6 Å². The lowest BCUT2D eigenvalue weighted by molar-refractivity contribution is 0.268. The van der Waals surface area contributed by atoms with Crippen LogP contribution in [0.5, 0.6) is 11.5 Å². The molecule has 2 N–H and O–H groups in total. The first-order valence-electron chi connectivity index (χ1n) is 6.85. The number of nitrogens with zero attached hydrogens (tertiary/aromatic N) is 1. The fraction of sp³-hybridized carbons (Fsp3) is 0.400. The summed E-state index contributed by atoms with van der Waals surface area (Å²) in [4.78, 5) is 4.11. The third-order valence-corrected chi connectivity index (χ3v) is 2.68. The van der Waals surface area contributed by atoms with Crippen molar-refractivity contribution < 1.29 is 13.9 Å². The van der Waals surface area contributed by atoms with Gasteiger partial charge in [-0.3, -0.25) is 0 Å². The summed E-state index contributed by atoms with van der Waals surface area (Å²) in [5.41, 5.74) is 7.07. The van der Waals surface area contributed by atoms with Gasteiger partial charge in [-0.15, -0.1) is 0 Å². The molecule has 5 nitrogen and oxygen atoms in total. The zero-order valence-corrected chi connectivity index (χ0v) is 11.9. The third-order valence-electron chi connectivity index (χ3n) is 2.68. The quantitative estimate of drug-likeness (QED) is 0.838. The highest BCUT2D eigenvalue weighted by Crippen LogP contribution is 2.33. The van der Waals surface area contributed by atoms with Gasteiger partial charge in [0.1, 0.15) is 12.0 Å². The molecule has 2 rings (SSSR count). The van der Waals surface area contributed by atoms with Crippen LogP contribution in [0.1, 0.15) is 26.7 Å². The Kier molecular flexibility index (Phi) is 4.87. The topological polar surface area (TPSA) is 70.5 Å². The fourth-order valence-corrected chi connectivity index (χ4v) is 1.74. The number of aromatic nitrogens is 1. The molecule has 0 atom stereocenters. The van der Waals surface area contributed by atoms with Gasteiger partial charge in [-0.2, -0.15) is 4.98 Å². The second-order valence-electron chi connectivity index (χ2n) is 4.43. The first-order chi connectivity index (χ1) is 9.74. The van der Waals surface area contributed by atoms with E-state index in [1.165, 1.54) is 6.26 Å². The van der Waals surface area contributed by atoms with E-state index < -0.39 is 0 Å². The second kappa shape index (κ2) is 6.84. The molecule has 0 amide bonds. The molecule has 20 heavy (non-hydrogen) atoms. The highest BCUT2D eigenvalue weighted by atomic mass is 16.5. The number of benzene rings is 1. The summed E-state index contributed by atoms with van der Waals surface area (Å²) in [6, 6.07) is 5.86. The number of anilines is 1. The predicted octanol–water partition coefficient (Wildman–Crippen LogP) is 3.50. The lowest BCUT2D eigenvalue weighted by Gasteiger charge is -2.12. The predicted molar refractivity (Wildman–Crippen MR) is 77.9 cm³/mol. The molecular weight excluding hydrogens is 256 g/mol. The first-order valence-corrected chi connectivity index (χ1v) is 6.85. The zero-order chi connectivity index (χ0) is 14.4. The lowest BCUT2D eigenvalue weighted by atomic mass is 10.1. The van der Waals surface area contributed by atoms with E-state index in [1.54, 1.807) is 0 Å². The number of rotatable bonds is 7. The number of nitrogens with two attached hydrogens (primary N) is 1. The van der Waals surface area contributed by atoms with E-state index in [1.807, 2.05) is 18.2 Å². The minimum atomic E-state index is 0.155. The van der Waals surface area contributed by atoms with Gasteiger partial charge in [0.2, 0.25) is 0 Å². The van der Waals surface area contributed by atoms with Crippen LogP contribution in [0.15, 0.2) is 28.9 Å². The van der Waals surface area contributed by atoms with E-state index in [0.29, 0.717) is 18.9 Å². The van der Waals surface area contributed by atoms with Crippen LogP contribution in [0.2, 0.25) is 0 Å². The van der Waals surface area contributed by atoms with Crippen molar-refractivity contribution in [1.82, 2.24) is 4.98 Å². The molecule has 1 heterocycles. The maximum absolute atomic E-state index is 5.74. The van der Waals surface area contributed by atoms with Gasteiger partial charge in [0.15, 0.2) is 11.5 Å². The maximum Gasteiger partial charge on any atom is 0.292 e.